The van der Waals surface area contributed by atoms with Crippen molar-refractivity contribution in [2.75, 3.05) is 0 Å². The standard InChI is InChI=1S/C12H21NO/c14-10-13-12-7-2-1-4-11(6-9-12)5-3-8-12/h10-11H,1-9H2,(H,13,14). The van der Waals surface area contributed by atoms with E-state index in [4.69, 9.17) is 0 Å². The van der Waals surface area contributed by atoms with Crippen molar-refractivity contribution < 1.29 is 4.79 Å². The van der Waals surface area contributed by atoms with Gasteiger partial charge in [-0.15, -0.1) is 0 Å². The Morgan fingerprint density at radius 1 is 1.00 bits per heavy atom. The van der Waals surface area contributed by atoms with E-state index >= 15 is 0 Å². The first-order valence-corrected chi connectivity index (χ1v) is 6.06. The lowest BCUT2D eigenvalue weighted by Crippen LogP contribution is -2.44. The average molecular weight is 195 g/mol. The maximum atomic E-state index is 10.7. The molecule has 80 valence electrons. The summed E-state index contributed by atoms with van der Waals surface area (Å²) in [7, 11) is 0. The molecule has 1 N–H and O–H groups in total. The fraction of sp³-hybridized carbons (Fsp3) is 0.917. The Hall–Kier alpha value is -0.530. The van der Waals surface area contributed by atoms with Crippen LogP contribution in [0.2, 0.25) is 0 Å². The predicted octanol–water partition coefficient (Wildman–Crippen LogP) is 2.63. The second-order valence-electron chi connectivity index (χ2n) is 5.09. The van der Waals surface area contributed by atoms with E-state index in [1.165, 1.54) is 57.8 Å². The summed E-state index contributed by atoms with van der Waals surface area (Å²) in [6.45, 7) is 0. The second kappa shape index (κ2) is 4.33. The van der Waals surface area contributed by atoms with E-state index < -0.39 is 0 Å². The van der Waals surface area contributed by atoms with Gasteiger partial charge in [-0.25, -0.2) is 0 Å². The Labute approximate surface area is 86.5 Å². The summed E-state index contributed by atoms with van der Waals surface area (Å²) in [5.41, 5.74) is 0.178. The number of rotatable bonds is 2. The molecule has 0 aliphatic heterocycles. The summed E-state index contributed by atoms with van der Waals surface area (Å²) in [4.78, 5) is 10.7. The molecular weight excluding hydrogens is 174 g/mol. The van der Waals surface area contributed by atoms with E-state index in [0.29, 0.717) is 0 Å². The molecule has 2 unspecified atom stereocenters. The van der Waals surface area contributed by atoms with Crippen LogP contribution >= 0.6 is 0 Å². The van der Waals surface area contributed by atoms with Gasteiger partial charge < -0.3 is 5.32 Å². The third-order valence-electron chi connectivity index (χ3n) is 4.18. The number of carbonyl (C=O) groups is 1. The van der Waals surface area contributed by atoms with Crippen molar-refractivity contribution in [2.24, 2.45) is 5.92 Å². The fourth-order valence-electron chi connectivity index (χ4n) is 3.26. The smallest absolute Gasteiger partial charge is 0.207 e. The molecule has 2 fully saturated rings. The Morgan fingerprint density at radius 3 is 2.64 bits per heavy atom. The summed E-state index contributed by atoms with van der Waals surface area (Å²) < 4.78 is 0. The molecule has 0 spiro atoms. The van der Waals surface area contributed by atoms with Crippen molar-refractivity contribution in [2.45, 2.75) is 63.3 Å². The first-order chi connectivity index (χ1) is 6.85. The lowest BCUT2D eigenvalue weighted by Gasteiger charge is -2.34. The molecule has 1 amide bonds. The zero-order valence-electron chi connectivity index (χ0n) is 8.93. The van der Waals surface area contributed by atoms with Gasteiger partial charge in [-0.05, 0) is 31.6 Å². The van der Waals surface area contributed by atoms with Gasteiger partial charge in [0.25, 0.3) is 0 Å². The van der Waals surface area contributed by atoms with Crippen LogP contribution in [0.15, 0.2) is 0 Å². The molecule has 2 nitrogen and oxygen atoms in total. The van der Waals surface area contributed by atoms with E-state index in [1.807, 2.05) is 0 Å². The minimum atomic E-state index is 0.178. The van der Waals surface area contributed by atoms with Crippen molar-refractivity contribution in [3.05, 3.63) is 0 Å². The number of nitrogens with one attached hydrogen (secondary N) is 1. The lowest BCUT2D eigenvalue weighted by molar-refractivity contribution is -0.111. The van der Waals surface area contributed by atoms with E-state index in [0.717, 1.165) is 12.3 Å². The van der Waals surface area contributed by atoms with Gasteiger partial charge in [-0.3, -0.25) is 4.79 Å². The monoisotopic (exact) mass is 195 g/mol. The zero-order valence-corrected chi connectivity index (χ0v) is 8.93. The Balaban J connectivity index is 2.08. The molecule has 0 aromatic heterocycles. The first kappa shape index (κ1) is 10.0. The molecule has 0 saturated heterocycles. The van der Waals surface area contributed by atoms with Gasteiger partial charge in [0.1, 0.15) is 0 Å². The van der Waals surface area contributed by atoms with Crippen LogP contribution in [-0.4, -0.2) is 11.9 Å². The van der Waals surface area contributed by atoms with Crippen LogP contribution in [0.1, 0.15) is 57.8 Å². The first-order valence-electron chi connectivity index (χ1n) is 6.06. The zero-order chi connectivity index (χ0) is 9.86. The summed E-state index contributed by atoms with van der Waals surface area (Å²) in [6.07, 6.45) is 12.7. The number of fused-ring (bicyclic) bond motifs is 3. The molecule has 2 rings (SSSR count). The highest BCUT2D eigenvalue weighted by atomic mass is 16.1. The van der Waals surface area contributed by atoms with Crippen molar-refractivity contribution in [1.29, 1.82) is 0 Å². The van der Waals surface area contributed by atoms with Gasteiger partial charge in [0.15, 0.2) is 0 Å². The fourth-order valence-corrected chi connectivity index (χ4v) is 3.26. The van der Waals surface area contributed by atoms with Crippen LogP contribution in [0.5, 0.6) is 0 Å². The number of hydrogen-bond donors (Lipinski definition) is 1. The van der Waals surface area contributed by atoms with Gasteiger partial charge in [-0.2, -0.15) is 0 Å². The Kier molecular flexibility index (Phi) is 3.09. The highest BCUT2D eigenvalue weighted by Gasteiger charge is 2.33. The quantitative estimate of drug-likeness (QED) is 0.674. The topological polar surface area (TPSA) is 29.1 Å². The average Bonchev–Trinajstić information content (AvgIpc) is 2.28. The second-order valence-corrected chi connectivity index (χ2v) is 5.09. The van der Waals surface area contributed by atoms with E-state index in [1.54, 1.807) is 0 Å². The van der Waals surface area contributed by atoms with E-state index in [-0.39, 0.29) is 5.54 Å². The summed E-state index contributed by atoms with van der Waals surface area (Å²) >= 11 is 0. The van der Waals surface area contributed by atoms with Crippen molar-refractivity contribution in [3.8, 4) is 0 Å². The SMILES string of the molecule is O=CNC12CCCCC(CCC1)CC2. The summed E-state index contributed by atoms with van der Waals surface area (Å²) in [6, 6.07) is 0. The molecule has 14 heavy (non-hydrogen) atoms. The van der Waals surface area contributed by atoms with Gasteiger partial charge >= 0.3 is 0 Å². The third kappa shape index (κ3) is 2.10. The number of hydrogen-bond acceptors (Lipinski definition) is 1. The van der Waals surface area contributed by atoms with Gasteiger partial charge in [0.2, 0.25) is 6.41 Å². The molecule has 0 aromatic carbocycles. The number of amides is 1. The predicted molar refractivity (Wildman–Crippen MR) is 57.0 cm³/mol. The molecule has 2 aliphatic carbocycles. The lowest BCUT2D eigenvalue weighted by atomic mass is 9.81. The van der Waals surface area contributed by atoms with E-state index in [2.05, 4.69) is 5.32 Å². The molecular formula is C12H21NO. The van der Waals surface area contributed by atoms with Gasteiger partial charge in [0.05, 0.1) is 0 Å². The molecule has 2 saturated carbocycles. The maximum absolute atomic E-state index is 10.7. The van der Waals surface area contributed by atoms with E-state index in [9.17, 15) is 4.79 Å². The Morgan fingerprint density at radius 2 is 1.79 bits per heavy atom. The Bertz CT molecular complexity index is 200. The van der Waals surface area contributed by atoms with Crippen molar-refractivity contribution in [1.82, 2.24) is 5.32 Å². The third-order valence-corrected chi connectivity index (χ3v) is 4.18. The maximum Gasteiger partial charge on any atom is 0.207 e. The molecule has 0 radical (unpaired) electrons. The molecule has 2 heteroatoms. The van der Waals surface area contributed by atoms with Crippen LogP contribution in [0, 0.1) is 5.92 Å². The summed E-state index contributed by atoms with van der Waals surface area (Å²) in [5.74, 6) is 0.950. The van der Waals surface area contributed by atoms with Crippen LogP contribution in [-0.2, 0) is 4.79 Å². The molecule has 2 atom stereocenters. The van der Waals surface area contributed by atoms with Crippen molar-refractivity contribution in [3.63, 3.8) is 0 Å². The molecule has 0 heterocycles. The molecule has 2 aliphatic rings. The highest BCUT2D eigenvalue weighted by Crippen LogP contribution is 2.38. The van der Waals surface area contributed by atoms with Gasteiger partial charge in [-0.1, -0.05) is 32.1 Å². The largest absolute Gasteiger partial charge is 0.353 e. The van der Waals surface area contributed by atoms with Gasteiger partial charge in [0, 0.05) is 5.54 Å². The van der Waals surface area contributed by atoms with Crippen LogP contribution in [0.3, 0.4) is 0 Å². The summed E-state index contributed by atoms with van der Waals surface area (Å²) in [5, 5.41) is 3.11. The minimum absolute atomic E-state index is 0.178. The molecule has 2 bridgehead atoms. The van der Waals surface area contributed by atoms with Crippen LogP contribution in [0.25, 0.3) is 0 Å². The van der Waals surface area contributed by atoms with Crippen molar-refractivity contribution >= 4 is 6.41 Å². The minimum Gasteiger partial charge on any atom is -0.353 e. The normalized spacial score (nSPS) is 38.1. The highest BCUT2D eigenvalue weighted by molar-refractivity contribution is 5.48. The van der Waals surface area contributed by atoms with Crippen LogP contribution in [0.4, 0.5) is 0 Å². The molecule has 0 aromatic rings. The van der Waals surface area contributed by atoms with Crippen LogP contribution < -0.4 is 5.32 Å². The number of carbonyl (C=O) groups excluding carboxylic acids is 1.